The minimum atomic E-state index is -0.387. The van der Waals surface area contributed by atoms with Crippen LogP contribution in [0.15, 0.2) is 0 Å². The maximum absolute atomic E-state index is 12.6. The monoisotopic (exact) mass is 309 g/mol. The molecule has 2 rings (SSSR count). The zero-order valence-electron chi connectivity index (χ0n) is 15.4. The Kier molecular flexibility index (Phi) is 4.97. The molecule has 128 valence electrons. The van der Waals surface area contributed by atoms with Gasteiger partial charge in [0.25, 0.3) is 0 Å². The van der Waals surface area contributed by atoms with E-state index in [2.05, 4.69) is 26.1 Å². The van der Waals surface area contributed by atoms with E-state index in [1.165, 1.54) is 19.3 Å². The molecule has 1 saturated carbocycles. The first-order valence-corrected chi connectivity index (χ1v) is 9.03. The summed E-state index contributed by atoms with van der Waals surface area (Å²) < 4.78 is 5.69. The Morgan fingerprint density at radius 3 is 2.27 bits per heavy atom. The van der Waals surface area contributed by atoms with Crippen LogP contribution in [0.1, 0.15) is 73.6 Å². The van der Waals surface area contributed by atoms with Crippen molar-refractivity contribution < 1.29 is 9.53 Å². The molecule has 1 aliphatic carbocycles. The molecule has 0 amide bonds. The van der Waals surface area contributed by atoms with Gasteiger partial charge in [-0.3, -0.25) is 4.79 Å². The summed E-state index contributed by atoms with van der Waals surface area (Å²) in [5, 5.41) is 3.47. The lowest BCUT2D eigenvalue weighted by Gasteiger charge is -2.45. The van der Waals surface area contributed by atoms with Crippen LogP contribution in [0.3, 0.4) is 0 Å². The highest BCUT2D eigenvalue weighted by atomic mass is 16.6. The normalized spacial score (nSPS) is 33.2. The van der Waals surface area contributed by atoms with Crippen molar-refractivity contribution in [3.05, 3.63) is 0 Å². The van der Waals surface area contributed by atoms with Gasteiger partial charge in [0.05, 0.1) is 5.92 Å². The largest absolute Gasteiger partial charge is 0.460 e. The first kappa shape index (κ1) is 17.8. The number of nitrogens with one attached hydrogen (secondary N) is 1. The number of carbonyl (C=O) groups is 1. The van der Waals surface area contributed by atoms with Gasteiger partial charge in [0.2, 0.25) is 0 Å². The summed E-state index contributed by atoms with van der Waals surface area (Å²) >= 11 is 0. The van der Waals surface area contributed by atoms with E-state index >= 15 is 0 Å². The minimum absolute atomic E-state index is 0.00528. The van der Waals surface area contributed by atoms with Gasteiger partial charge in [-0.15, -0.1) is 0 Å². The zero-order chi connectivity index (χ0) is 16.6. The number of ether oxygens (including phenoxy) is 1. The minimum Gasteiger partial charge on any atom is -0.460 e. The van der Waals surface area contributed by atoms with Crippen LogP contribution in [-0.4, -0.2) is 24.7 Å². The second-order valence-corrected chi connectivity index (χ2v) is 9.20. The first-order chi connectivity index (χ1) is 10.1. The molecule has 3 nitrogen and oxygen atoms in total. The number of esters is 1. The second-order valence-electron chi connectivity index (χ2n) is 9.20. The van der Waals surface area contributed by atoms with Gasteiger partial charge in [0.1, 0.15) is 5.60 Å². The first-order valence-electron chi connectivity index (χ1n) is 9.03. The molecule has 22 heavy (non-hydrogen) atoms. The van der Waals surface area contributed by atoms with Crippen molar-refractivity contribution in [1.82, 2.24) is 5.32 Å². The molecule has 0 bridgehead atoms. The second kappa shape index (κ2) is 6.14. The molecule has 0 radical (unpaired) electrons. The third-order valence-corrected chi connectivity index (χ3v) is 6.25. The zero-order valence-corrected chi connectivity index (χ0v) is 15.4. The molecule has 1 atom stereocenters. The van der Waals surface area contributed by atoms with Crippen LogP contribution in [0, 0.1) is 22.7 Å². The standard InChI is InChI=1S/C19H35NO2/c1-7-18(5,6)14-8-10-19(11-9-14)13-20-12-15(19)16(21)22-17(2,3)4/h14-15,20H,7-13H2,1-6H3. The van der Waals surface area contributed by atoms with Crippen LogP contribution in [0.25, 0.3) is 0 Å². The molecule has 1 aliphatic heterocycles. The van der Waals surface area contributed by atoms with Crippen LogP contribution in [0.5, 0.6) is 0 Å². The number of rotatable bonds is 3. The molecule has 1 saturated heterocycles. The summed E-state index contributed by atoms with van der Waals surface area (Å²) in [7, 11) is 0. The summed E-state index contributed by atoms with van der Waals surface area (Å²) in [6, 6.07) is 0. The van der Waals surface area contributed by atoms with Crippen molar-refractivity contribution in [2.24, 2.45) is 22.7 Å². The molecule has 1 heterocycles. The van der Waals surface area contributed by atoms with E-state index in [9.17, 15) is 4.79 Å². The van der Waals surface area contributed by atoms with Crippen molar-refractivity contribution in [3.63, 3.8) is 0 Å². The van der Waals surface area contributed by atoms with E-state index in [1.54, 1.807) is 0 Å². The molecule has 0 aromatic carbocycles. The topological polar surface area (TPSA) is 38.3 Å². The van der Waals surface area contributed by atoms with Crippen molar-refractivity contribution >= 4 is 5.97 Å². The highest BCUT2D eigenvalue weighted by molar-refractivity contribution is 5.74. The van der Waals surface area contributed by atoms with E-state index in [0.717, 1.165) is 31.8 Å². The smallest absolute Gasteiger partial charge is 0.311 e. The highest BCUT2D eigenvalue weighted by Gasteiger charge is 2.50. The summed E-state index contributed by atoms with van der Waals surface area (Å²) in [5.74, 6) is 0.839. The fourth-order valence-electron chi connectivity index (χ4n) is 4.30. The van der Waals surface area contributed by atoms with Crippen LogP contribution >= 0.6 is 0 Å². The number of hydrogen-bond acceptors (Lipinski definition) is 3. The Labute approximate surface area is 136 Å². The van der Waals surface area contributed by atoms with Crippen LogP contribution in [-0.2, 0) is 9.53 Å². The lowest BCUT2D eigenvalue weighted by molar-refractivity contribution is -0.164. The SMILES string of the molecule is CCC(C)(C)C1CCC2(CC1)CNCC2C(=O)OC(C)(C)C. The van der Waals surface area contributed by atoms with Crippen molar-refractivity contribution in [1.29, 1.82) is 0 Å². The third-order valence-electron chi connectivity index (χ3n) is 6.25. The van der Waals surface area contributed by atoms with Gasteiger partial charge in [-0.25, -0.2) is 0 Å². The molecule has 1 spiro atoms. The fourth-order valence-corrected chi connectivity index (χ4v) is 4.30. The van der Waals surface area contributed by atoms with Gasteiger partial charge in [-0.1, -0.05) is 27.2 Å². The molecule has 2 aliphatic rings. The van der Waals surface area contributed by atoms with Gasteiger partial charge in [0, 0.05) is 13.1 Å². The van der Waals surface area contributed by atoms with E-state index in [4.69, 9.17) is 4.74 Å². The predicted octanol–water partition coefficient (Wildman–Crippen LogP) is 4.16. The molecular weight excluding hydrogens is 274 g/mol. The maximum atomic E-state index is 12.6. The van der Waals surface area contributed by atoms with Crippen LogP contribution < -0.4 is 5.32 Å². The fraction of sp³-hybridized carbons (Fsp3) is 0.947. The molecule has 0 aromatic heterocycles. The summed E-state index contributed by atoms with van der Waals surface area (Å²) in [5.41, 5.74) is 0.181. The molecular formula is C19H35NO2. The van der Waals surface area contributed by atoms with Gasteiger partial charge in [-0.05, 0) is 63.2 Å². The molecule has 2 fully saturated rings. The van der Waals surface area contributed by atoms with E-state index in [0.29, 0.717) is 5.41 Å². The van der Waals surface area contributed by atoms with Crippen LogP contribution in [0.4, 0.5) is 0 Å². The van der Waals surface area contributed by atoms with Gasteiger partial charge in [0.15, 0.2) is 0 Å². The average molecular weight is 309 g/mol. The highest BCUT2D eigenvalue weighted by Crippen LogP contribution is 2.51. The lowest BCUT2D eigenvalue weighted by atomic mass is 9.60. The molecule has 1 N–H and O–H groups in total. The Morgan fingerprint density at radius 2 is 1.77 bits per heavy atom. The van der Waals surface area contributed by atoms with Gasteiger partial charge >= 0.3 is 5.97 Å². The molecule has 3 heteroatoms. The van der Waals surface area contributed by atoms with Gasteiger partial charge < -0.3 is 10.1 Å². The van der Waals surface area contributed by atoms with E-state index in [1.807, 2.05) is 20.8 Å². The molecule has 0 aromatic rings. The average Bonchev–Trinajstić information content (AvgIpc) is 2.81. The number of hydrogen-bond donors (Lipinski definition) is 1. The summed E-state index contributed by atoms with van der Waals surface area (Å²) in [6.45, 7) is 14.7. The van der Waals surface area contributed by atoms with E-state index in [-0.39, 0.29) is 22.9 Å². The molecule has 1 unspecified atom stereocenters. The Bertz CT molecular complexity index is 400. The summed E-state index contributed by atoms with van der Waals surface area (Å²) in [6.07, 6.45) is 6.07. The Hall–Kier alpha value is -0.570. The van der Waals surface area contributed by atoms with Crippen molar-refractivity contribution in [3.8, 4) is 0 Å². The van der Waals surface area contributed by atoms with Crippen molar-refractivity contribution in [2.45, 2.75) is 79.2 Å². The quantitative estimate of drug-likeness (QED) is 0.796. The van der Waals surface area contributed by atoms with E-state index < -0.39 is 0 Å². The Morgan fingerprint density at radius 1 is 1.18 bits per heavy atom. The predicted molar refractivity (Wildman–Crippen MR) is 90.7 cm³/mol. The Balaban J connectivity index is 2.04. The summed E-state index contributed by atoms with van der Waals surface area (Å²) in [4.78, 5) is 12.6. The van der Waals surface area contributed by atoms with Gasteiger partial charge in [-0.2, -0.15) is 0 Å². The van der Waals surface area contributed by atoms with Crippen molar-refractivity contribution in [2.75, 3.05) is 13.1 Å². The van der Waals surface area contributed by atoms with Crippen LogP contribution in [0.2, 0.25) is 0 Å². The number of carbonyl (C=O) groups excluding carboxylic acids is 1. The maximum Gasteiger partial charge on any atom is 0.311 e. The lowest BCUT2D eigenvalue weighted by Crippen LogP contribution is -2.43. The third kappa shape index (κ3) is 3.67.